The second kappa shape index (κ2) is 9.90. The Balaban J connectivity index is 1.66. The van der Waals surface area contributed by atoms with Crippen LogP contribution in [0.4, 0.5) is 5.69 Å². The highest BCUT2D eigenvalue weighted by Gasteiger charge is 2.17. The number of hydrogen-bond donors (Lipinski definition) is 1. The van der Waals surface area contributed by atoms with E-state index in [0.717, 1.165) is 22.4 Å². The van der Waals surface area contributed by atoms with Gasteiger partial charge in [-0.2, -0.15) is 4.98 Å². The number of amides is 1. The Morgan fingerprint density at radius 1 is 0.903 bits per heavy atom. The van der Waals surface area contributed by atoms with Gasteiger partial charge in [0.1, 0.15) is 0 Å². The van der Waals surface area contributed by atoms with E-state index < -0.39 is 0 Å². The molecule has 0 unspecified atom stereocenters. The minimum absolute atomic E-state index is 0.0453. The number of aryl methyl sites for hydroxylation is 1. The number of anilines is 1. The Morgan fingerprint density at radius 3 is 2.06 bits per heavy atom. The summed E-state index contributed by atoms with van der Waals surface area (Å²) in [5.41, 5.74) is 5.44. The standard InChI is InChI=1S/C26H33N3O2/c1-16(2)19-10-12-20(13-11-19)26-28-24(31-29-26)15-14-23(30)27-25-21(17(3)4)8-7-9-22(25)18(5)6/h7-13,16-18H,14-15H2,1-6H3,(H,27,30). The monoisotopic (exact) mass is 419 g/mol. The molecule has 1 amide bonds. The zero-order valence-corrected chi connectivity index (χ0v) is 19.4. The predicted octanol–water partition coefficient (Wildman–Crippen LogP) is 6.68. The Morgan fingerprint density at radius 2 is 1.52 bits per heavy atom. The first-order valence-corrected chi connectivity index (χ1v) is 11.1. The third-order valence-electron chi connectivity index (χ3n) is 5.51. The molecule has 2 aromatic carbocycles. The smallest absolute Gasteiger partial charge is 0.227 e. The molecule has 0 radical (unpaired) electrons. The first-order valence-electron chi connectivity index (χ1n) is 11.1. The van der Waals surface area contributed by atoms with E-state index in [9.17, 15) is 4.79 Å². The van der Waals surface area contributed by atoms with Gasteiger partial charge >= 0.3 is 0 Å². The Labute approximate surface area is 185 Å². The molecule has 0 saturated carbocycles. The summed E-state index contributed by atoms with van der Waals surface area (Å²) in [7, 11) is 0. The summed E-state index contributed by atoms with van der Waals surface area (Å²) in [6.45, 7) is 12.9. The van der Waals surface area contributed by atoms with Gasteiger partial charge in [-0.3, -0.25) is 4.79 Å². The quantitative estimate of drug-likeness (QED) is 0.442. The van der Waals surface area contributed by atoms with E-state index in [4.69, 9.17) is 4.52 Å². The van der Waals surface area contributed by atoms with Gasteiger partial charge in [0.2, 0.25) is 17.6 Å². The molecule has 3 rings (SSSR count). The summed E-state index contributed by atoms with van der Waals surface area (Å²) in [4.78, 5) is 17.2. The van der Waals surface area contributed by atoms with E-state index in [1.54, 1.807) is 0 Å². The Bertz CT molecular complexity index is 991. The fourth-order valence-corrected chi connectivity index (χ4v) is 3.61. The molecule has 164 valence electrons. The number of hydrogen-bond acceptors (Lipinski definition) is 4. The molecule has 5 heteroatoms. The van der Waals surface area contributed by atoms with Crippen molar-refractivity contribution in [3.8, 4) is 11.4 Å². The lowest BCUT2D eigenvalue weighted by atomic mass is 9.92. The van der Waals surface area contributed by atoms with Crippen LogP contribution in [0.5, 0.6) is 0 Å². The summed E-state index contributed by atoms with van der Waals surface area (Å²) in [6.07, 6.45) is 0.696. The Hall–Kier alpha value is -2.95. The van der Waals surface area contributed by atoms with Gasteiger partial charge in [0.05, 0.1) is 0 Å². The zero-order chi connectivity index (χ0) is 22.5. The number of benzene rings is 2. The van der Waals surface area contributed by atoms with Gasteiger partial charge in [-0.25, -0.2) is 0 Å². The normalized spacial score (nSPS) is 11.5. The van der Waals surface area contributed by atoms with Crippen LogP contribution in [0.1, 0.15) is 88.3 Å². The van der Waals surface area contributed by atoms with Crippen LogP contribution in [0, 0.1) is 0 Å². The van der Waals surface area contributed by atoms with Gasteiger partial charge in [-0.15, -0.1) is 0 Å². The van der Waals surface area contributed by atoms with Crippen molar-refractivity contribution < 1.29 is 9.32 Å². The van der Waals surface area contributed by atoms with Crippen molar-refractivity contribution in [3.05, 3.63) is 65.0 Å². The van der Waals surface area contributed by atoms with E-state index >= 15 is 0 Å². The number of para-hydroxylation sites is 1. The lowest BCUT2D eigenvalue weighted by molar-refractivity contribution is -0.116. The van der Waals surface area contributed by atoms with Crippen molar-refractivity contribution in [1.82, 2.24) is 10.1 Å². The van der Waals surface area contributed by atoms with Crippen molar-refractivity contribution >= 4 is 11.6 Å². The molecule has 3 aromatic rings. The number of aromatic nitrogens is 2. The molecular weight excluding hydrogens is 386 g/mol. The highest BCUT2D eigenvalue weighted by Crippen LogP contribution is 2.32. The second-order valence-corrected chi connectivity index (χ2v) is 8.96. The van der Waals surface area contributed by atoms with Crippen molar-refractivity contribution in [1.29, 1.82) is 0 Å². The summed E-state index contributed by atoms with van der Waals surface area (Å²) in [5, 5.41) is 7.22. The number of nitrogens with one attached hydrogen (secondary N) is 1. The number of nitrogens with zero attached hydrogens (tertiary/aromatic N) is 2. The number of rotatable bonds is 8. The van der Waals surface area contributed by atoms with Gasteiger partial charge in [-0.05, 0) is 34.4 Å². The lowest BCUT2D eigenvalue weighted by Crippen LogP contribution is -2.16. The van der Waals surface area contributed by atoms with Crippen LogP contribution in [0.25, 0.3) is 11.4 Å². The highest BCUT2D eigenvalue weighted by molar-refractivity contribution is 5.92. The molecule has 0 aliphatic heterocycles. The van der Waals surface area contributed by atoms with E-state index in [2.05, 4.69) is 87.3 Å². The largest absolute Gasteiger partial charge is 0.339 e. The highest BCUT2D eigenvalue weighted by atomic mass is 16.5. The molecule has 0 fully saturated rings. The van der Waals surface area contributed by atoms with Crippen molar-refractivity contribution in [3.63, 3.8) is 0 Å². The molecule has 1 heterocycles. The molecule has 1 aromatic heterocycles. The van der Waals surface area contributed by atoms with E-state index in [1.807, 2.05) is 12.1 Å². The Kier molecular flexibility index (Phi) is 7.26. The summed E-state index contributed by atoms with van der Waals surface area (Å²) in [6, 6.07) is 14.4. The van der Waals surface area contributed by atoms with E-state index in [-0.39, 0.29) is 12.3 Å². The maximum Gasteiger partial charge on any atom is 0.227 e. The molecule has 0 spiro atoms. The topological polar surface area (TPSA) is 68.0 Å². The van der Waals surface area contributed by atoms with Crippen LogP contribution < -0.4 is 5.32 Å². The van der Waals surface area contributed by atoms with Gasteiger partial charge in [-0.1, -0.05) is 89.2 Å². The third-order valence-corrected chi connectivity index (χ3v) is 5.51. The molecule has 31 heavy (non-hydrogen) atoms. The molecule has 1 N–H and O–H groups in total. The van der Waals surface area contributed by atoms with Gasteiger partial charge in [0.15, 0.2) is 0 Å². The zero-order valence-electron chi connectivity index (χ0n) is 19.4. The first kappa shape index (κ1) is 22.7. The van der Waals surface area contributed by atoms with Crippen LogP contribution in [0.2, 0.25) is 0 Å². The molecule has 0 saturated heterocycles. The van der Waals surface area contributed by atoms with Crippen LogP contribution >= 0.6 is 0 Å². The first-order chi connectivity index (χ1) is 14.8. The van der Waals surface area contributed by atoms with Crippen LogP contribution in [-0.4, -0.2) is 16.0 Å². The van der Waals surface area contributed by atoms with Crippen molar-refractivity contribution in [2.75, 3.05) is 5.32 Å². The number of carbonyl (C=O) groups excluding carboxylic acids is 1. The molecule has 0 bridgehead atoms. The van der Waals surface area contributed by atoms with Gasteiger partial charge in [0.25, 0.3) is 0 Å². The molecule has 0 aliphatic rings. The summed E-state index contributed by atoms with van der Waals surface area (Å²) in [5.74, 6) is 2.11. The molecule has 0 atom stereocenters. The maximum atomic E-state index is 12.7. The predicted molar refractivity (Wildman–Crippen MR) is 125 cm³/mol. The minimum Gasteiger partial charge on any atom is -0.339 e. The summed E-state index contributed by atoms with van der Waals surface area (Å²) < 4.78 is 5.38. The van der Waals surface area contributed by atoms with Gasteiger partial charge in [0, 0.05) is 24.1 Å². The third kappa shape index (κ3) is 5.60. The average molecular weight is 420 g/mol. The van der Waals surface area contributed by atoms with Crippen molar-refractivity contribution in [2.24, 2.45) is 0 Å². The van der Waals surface area contributed by atoms with Gasteiger partial charge < -0.3 is 9.84 Å². The fraction of sp³-hybridized carbons (Fsp3) is 0.423. The molecule has 0 aliphatic carbocycles. The van der Waals surface area contributed by atoms with E-state index in [0.29, 0.717) is 35.9 Å². The van der Waals surface area contributed by atoms with Crippen LogP contribution in [0.15, 0.2) is 47.0 Å². The number of carbonyl (C=O) groups is 1. The molecule has 5 nitrogen and oxygen atoms in total. The molecular formula is C26H33N3O2. The van der Waals surface area contributed by atoms with Crippen molar-refractivity contribution in [2.45, 2.75) is 72.1 Å². The second-order valence-electron chi connectivity index (χ2n) is 8.96. The lowest BCUT2D eigenvalue weighted by Gasteiger charge is -2.20. The SMILES string of the molecule is CC(C)c1ccc(-c2noc(CCC(=O)Nc3c(C(C)C)cccc3C(C)C)n2)cc1. The van der Waals surface area contributed by atoms with Crippen LogP contribution in [-0.2, 0) is 11.2 Å². The fourth-order valence-electron chi connectivity index (χ4n) is 3.61. The van der Waals surface area contributed by atoms with E-state index in [1.165, 1.54) is 5.56 Å². The minimum atomic E-state index is -0.0453. The maximum absolute atomic E-state index is 12.7. The average Bonchev–Trinajstić information content (AvgIpc) is 3.21. The van der Waals surface area contributed by atoms with Crippen LogP contribution in [0.3, 0.4) is 0 Å². The summed E-state index contributed by atoms with van der Waals surface area (Å²) >= 11 is 0.